The molecule has 2 N–H and O–H groups in total. The molecule has 1 aromatic heterocycles. The van der Waals surface area contributed by atoms with Crippen LogP contribution in [-0.4, -0.2) is 41.4 Å². The first-order valence-corrected chi connectivity index (χ1v) is 7.59. The number of carbonyl (C=O) groups excluding carboxylic acids is 3. The molecular formula is C13H13F2N3O3S. The number of nitrogens with one attached hydrogen (secondary N) is 2. The molecule has 2 aliphatic heterocycles. The smallest absolute Gasteiger partial charge is 0.322 e. The van der Waals surface area contributed by atoms with E-state index in [0.29, 0.717) is 19.4 Å². The molecule has 2 saturated heterocycles. The van der Waals surface area contributed by atoms with Gasteiger partial charge < -0.3 is 10.2 Å². The lowest BCUT2D eigenvalue weighted by Crippen LogP contribution is -2.59. The summed E-state index contributed by atoms with van der Waals surface area (Å²) in [5.74, 6) is -1.01. The number of amides is 4. The lowest BCUT2D eigenvalue weighted by atomic mass is 9.89. The summed E-state index contributed by atoms with van der Waals surface area (Å²) in [6, 6.07) is 0.770. The van der Waals surface area contributed by atoms with Crippen molar-refractivity contribution in [1.82, 2.24) is 15.5 Å². The molecule has 22 heavy (non-hydrogen) atoms. The first-order chi connectivity index (χ1) is 10.4. The van der Waals surface area contributed by atoms with E-state index in [4.69, 9.17) is 0 Å². The van der Waals surface area contributed by atoms with Crippen molar-refractivity contribution in [3.8, 4) is 0 Å². The first-order valence-electron chi connectivity index (χ1n) is 6.71. The van der Waals surface area contributed by atoms with Gasteiger partial charge in [-0.1, -0.05) is 0 Å². The highest BCUT2D eigenvalue weighted by Crippen LogP contribution is 2.31. The van der Waals surface area contributed by atoms with Crippen LogP contribution >= 0.6 is 11.3 Å². The summed E-state index contributed by atoms with van der Waals surface area (Å²) in [4.78, 5) is 36.8. The van der Waals surface area contributed by atoms with Crippen LogP contribution in [0.2, 0.25) is 0 Å². The minimum atomic E-state index is -2.72. The van der Waals surface area contributed by atoms with E-state index in [0.717, 1.165) is 11.3 Å². The Bertz CT molecular complexity index is 648. The van der Waals surface area contributed by atoms with Crippen molar-refractivity contribution in [2.45, 2.75) is 24.8 Å². The number of thiophene rings is 1. The summed E-state index contributed by atoms with van der Waals surface area (Å²) in [5, 5.41) is 6.15. The number of carbonyl (C=O) groups is 3. The topological polar surface area (TPSA) is 78.5 Å². The van der Waals surface area contributed by atoms with Gasteiger partial charge in [0.05, 0.1) is 17.0 Å². The van der Waals surface area contributed by atoms with Gasteiger partial charge in [0.15, 0.2) is 0 Å². The fourth-order valence-electron chi connectivity index (χ4n) is 2.88. The molecule has 1 unspecified atom stereocenters. The standard InChI is InChI=1S/C13H13F2N3O3S/c14-9(15)8-7(2-5-22-8)10(19)18-4-1-3-13(6-18)11(20)16-12(21)17-13/h2,5,9H,1,3-4,6H2,(H2,16,17,20,21). The Labute approximate surface area is 128 Å². The molecule has 3 rings (SSSR count). The van der Waals surface area contributed by atoms with Crippen molar-refractivity contribution in [1.29, 1.82) is 0 Å². The van der Waals surface area contributed by atoms with Crippen LogP contribution in [0.15, 0.2) is 11.4 Å². The lowest BCUT2D eigenvalue weighted by molar-refractivity contribution is -0.125. The van der Waals surface area contributed by atoms with E-state index in [2.05, 4.69) is 10.6 Å². The van der Waals surface area contributed by atoms with Crippen LogP contribution in [0.25, 0.3) is 0 Å². The lowest BCUT2D eigenvalue weighted by Gasteiger charge is -2.38. The second-order valence-electron chi connectivity index (χ2n) is 5.32. The zero-order valence-electron chi connectivity index (χ0n) is 11.4. The van der Waals surface area contributed by atoms with Gasteiger partial charge in [-0.15, -0.1) is 11.3 Å². The molecule has 0 radical (unpaired) electrons. The SMILES string of the molecule is O=C1NC(=O)C2(CCCN(C(=O)c3ccsc3C(F)F)C2)N1. The normalized spacial score (nSPS) is 24.8. The van der Waals surface area contributed by atoms with Gasteiger partial charge in [-0.05, 0) is 24.3 Å². The van der Waals surface area contributed by atoms with E-state index in [-0.39, 0.29) is 17.0 Å². The summed E-state index contributed by atoms with van der Waals surface area (Å²) in [6.45, 7) is 0.351. The predicted octanol–water partition coefficient (Wildman–Crippen LogP) is 1.50. The number of nitrogens with zero attached hydrogens (tertiary/aromatic N) is 1. The number of imide groups is 1. The Morgan fingerprint density at radius 1 is 1.41 bits per heavy atom. The summed E-state index contributed by atoms with van der Waals surface area (Å²) in [5.41, 5.74) is -1.19. The van der Waals surface area contributed by atoms with Crippen molar-refractivity contribution in [2.75, 3.05) is 13.1 Å². The van der Waals surface area contributed by atoms with Gasteiger partial charge in [-0.25, -0.2) is 13.6 Å². The van der Waals surface area contributed by atoms with E-state index < -0.39 is 29.8 Å². The van der Waals surface area contributed by atoms with Crippen LogP contribution in [-0.2, 0) is 4.79 Å². The molecule has 0 aliphatic carbocycles. The van der Waals surface area contributed by atoms with Crippen molar-refractivity contribution in [3.63, 3.8) is 0 Å². The Kier molecular flexibility index (Phi) is 3.59. The van der Waals surface area contributed by atoms with E-state index in [1.807, 2.05) is 0 Å². The molecular weight excluding hydrogens is 316 g/mol. The number of rotatable bonds is 2. The molecule has 0 aromatic carbocycles. The molecule has 9 heteroatoms. The van der Waals surface area contributed by atoms with Crippen LogP contribution < -0.4 is 10.6 Å². The summed E-state index contributed by atoms with van der Waals surface area (Å²) in [6.07, 6.45) is -1.79. The molecule has 0 bridgehead atoms. The van der Waals surface area contributed by atoms with Gasteiger partial charge in [0.2, 0.25) is 0 Å². The zero-order valence-corrected chi connectivity index (χ0v) is 12.2. The number of hydrogen-bond acceptors (Lipinski definition) is 4. The van der Waals surface area contributed by atoms with Crippen molar-refractivity contribution < 1.29 is 23.2 Å². The van der Waals surface area contributed by atoms with E-state index in [9.17, 15) is 23.2 Å². The number of alkyl halides is 2. The second-order valence-corrected chi connectivity index (χ2v) is 6.27. The average Bonchev–Trinajstić information content (AvgIpc) is 3.04. The molecule has 3 heterocycles. The molecule has 0 saturated carbocycles. The Hall–Kier alpha value is -2.03. The van der Waals surface area contributed by atoms with E-state index in [1.54, 1.807) is 0 Å². The Morgan fingerprint density at radius 2 is 2.18 bits per heavy atom. The van der Waals surface area contributed by atoms with Gasteiger partial charge in [0.1, 0.15) is 5.54 Å². The maximum atomic E-state index is 12.9. The van der Waals surface area contributed by atoms with E-state index in [1.165, 1.54) is 16.3 Å². The zero-order chi connectivity index (χ0) is 15.9. The minimum Gasteiger partial charge on any atom is -0.336 e. The van der Waals surface area contributed by atoms with Gasteiger partial charge >= 0.3 is 6.03 Å². The molecule has 2 aliphatic rings. The first kappa shape index (κ1) is 14.9. The Morgan fingerprint density at radius 3 is 2.82 bits per heavy atom. The second kappa shape index (κ2) is 5.31. The molecule has 1 aromatic rings. The third-order valence-electron chi connectivity index (χ3n) is 3.92. The summed E-state index contributed by atoms with van der Waals surface area (Å²) >= 11 is 0.828. The van der Waals surface area contributed by atoms with Gasteiger partial charge in [0, 0.05) is 6.54 Å². The largest absolute Gasteiger partial charge is 0.336 e. The van der Waals surface area contributed by atoms with Crippen molar-refractivity contribution in [2.24, 2.45) is 0 Å². The third-order valence-corrected chi connectivity index (χ3v) is 4.84. The predicted molar refractivity (Wildman–Crippen MR) is 73.8 cm³/mol. The summed E-state index contributed by atoms with van der Waals surface area (Å²) in [7, 11) is 0. The number of halogens is 2. The van der Waals surface area contributed by atoms with Crippen LogP contribution in [0.4, 0.5) is 13.6 Å². The fraction of sp³-hybridized carbons (Fsp3) is 0.462. The summed E-state index contributed by atoms with van der Waals surface area (Å²) < 4.78 is 25.8. The Balaban J connectivity index is 1.83. The third kappa shape index (κ3) is 2.35. The van der Waals surface area contributed by atoms with Crippen LogP contribution in [0, 0.1) is 0 Å². The van der Waals surface area contributed by atoms with Gasteiger partial charge in [-0.3, -0.25) is 14.9 Å². The molecule has 118 valence electrons. The van der Waals surface area contributed by atoms with E-state index >= 15 is 0 Å². The van der Waals surface area contributed by atoms with Crippen LogP contribution in [0.3, 0.4) is 0 Å². The highest BCUT2D eigenvalue weighted by atomic mass is 32.1. The van der Waals surface area contributed by atoms with Crippen LogP contribution in [0.5, 0.6) is 0 Å². The number of likely N-dealkylation sites (tertiary alicyclic amines) is 1. The maximum Gasteiger partial charge on any atom is 0.322 e. The van der Waals surface area contributed by atoms with Crippen LogP contribution in [0.1, 0.15) is 34.5 Å². The van der Waals surface area contributed by atoms with Crippen molar-refractivity contribution in [3.05, 3.63) is 21.9 Å². The minimum absolute atomic E-state index is 0.0120. The molecule has 1 spiro atoms. The molecule has 2 fully saturated rings. The number of hydrogen-bond donors (Lipinski definition) is 2. The number of piperidine rings is 1. The number of urea groups is 1. The monoisotopic (exact) mass is 329 g/mol. The van der Waals surface area contributed by atoms with Gasteiger partial charge in [0.25, 0.3) is 18.2 Å². The van der Waals surface area contributed by atoms with Gasteiger partial charge in [-0.2, -0.15) is 0 Å². The molecule has 4 amide bonds. The quantitative estimate of drug-likeness (QED) is 0.807. The van der Waals surface area contributed by atoms with Crippen molar-refractivity contribution >= 4 is 29.2 Å². The highest BCUT2D eigenvalue weighted by Gasteiger charge is 2.49. The molecule has 1 atom stereocenters. The highest BCUT2D eigenvalue weighted by molar-refractivity contribution is 7.10. The average molecular weight is 329 g/mol. The fourth-order valence-corrected chi connectivity index (χ4v) is 3.62. The molecule has 6 nitrogen and oxygen atoms in total. The maximum absolute atomic E-state index is 12.9.